The van der Waals surface area contributed by atoms with Crippen LogP contribution in [0, 0.1) is 13.7 Å². The van der Waals surface area contributed by atoms with E-state index in [-0.39, 0.29) is 24.0 Å². The molecule has 0 heterocycles. The van der Waals surface area contributed by atoms with Crippen LogP contribution in [0.5, 0.6) is 0 Å². The second-order valence-electron chi connectivity index (χ2n) is 4.09. The van der Waals surface area contributed by atoms with Crippen LogP contribution >= 0.6 is 22.6 Å². The van der Waals surface area contributed by atoms with E-state index in [2.05, 4.69) is 5.32 Å². The van der Waals surface area contributed by atoms with Crippen molar-refractivity contribution in [3.63, 3.8) is 0 Å². The molecule has 1 amide bonds. The summed E-state index contributed by atoms with van der Waals surface area (Å²) >= 11 is 1.88. The van der Waals surface area contributed by atoms with Crippen LogP contribution < -0.4 is 5.32 Å². The van der Waals surface area contributed by atoms with Crippen molar-refractivity contribution in [1.82, 2.24) is 5.32 Å². The molecule has 0 spiro atoms. The molecule has 0 aliphatic carbocycles. The van der Waals surface area contributed by atoms with Crippen LogP contribution in [0.1, 0.15) is 30.1 Å². The van der Waals surface area contributed by atoms with Gasteiger partial charge in [-0.2, -0.15) is 0 Å². The van der Waals surface area contributed by atoms with Crippen molar-refractivity contribution in [3.8, 4) is 0 Å². The largest absolute Gasteiger partial charge is 0.466 e. The number of amides is 1. The third-order valence-electron chi connectivity index (χ3n) is 2.56. The van der Waals surface area contributed by atoms with E-state index in [4.69, 9.17) is 4.74 Å². The van der Waals surface area contributed by atoms with Gasteiger partial charge in [0.1, 0.15) is 0 Å². The van der Waals surface area contributed by atoms with Gasteiger partial charge in [-0.25, -0.2) is 0 Å². The molecule has 1 N–H and O–H groups in total. The average Bonchev–Trinajstić information content (AvgIpc) is 2.43. The van der Waals surface area contributed by atoms with Gasteiger partial charge in [0.2, 0.25) is 0 Å². The summed E-state index contributed by atoms with van der Waals surface area (Å²) < 4.78 is 5.28. The maximum Gasteiger partial charge on any atom is 0.305 e. The van der Waals surface area contributed by atoms with Crippen molar-refractivity contribution in [2.24, 2.45) is 0 Å². The Morgan fingerprint density at radius 3 is 2.71 bits per heavy atom. The van der Waals surface area contributed by atoms with Gasteiger partial charge in [0.25, 0.3) is 11.6 Å². The second-order valence-corrected chi connectivity index (χ2v) is 5.25. The van der Waals surface area contributed by atoms with Crippen LogP contribution in [-0.2, 0) is 9.53 Å². The molecule has 0 aromatic heterocycles. The molecule has 0 saturated carbocycles. The van der Waals surface area contributed by atoms with Crippen molar-refractivity contribution < 1.29 is 19.2 Å². The van der Waals surface area contributed by atoms with Crippen molar-refractivity contribution in [3.05, 3.63) is 37.4 Å². The lowest BCUT2D eigenvalue weighted by molar-refractivity contribution is -0.384. The van der Waals surface area contributed by atoms with Gasteiger partial charge in [-0.15, -0.1) is 0 Å². The maximum atomic E-state index is 11.9. The van der Waals surface area contributed by atoms with Gasteiger partial charge in [-0.05, 0) is 42.0 Å². The highest BCUT2D eigenvalue weighted by atomic mass is 127. The Balaban J connectivity index is 2.49. The fourth-order valence-corrected chi connectivity index (χ4v) is 2.31. The number of halogens is 1. The molecule has 0 saturated heterocycles. The third-order valence-corrected chi connectivity index (χ3v) is 3.45. The fourth-order valence-electron chi connectivity index (χ4n) is 1.56. The summed E-state index contributed by atoms with van der Waals surface area (Å²) in [5, 5.41) is 13.3. The molecule has 0 aliphatic heterocycles. The van der Waals surface area contributed by atoms with E-state index in [0.29, 0.717) is 28.7 Å². The van der Waals surface area contributed by atoms with Crippen LogP contribution in [0.15, 0.2) is 18.2 Å². The number of carbonyl (C=O) groups is 2. The van der Waals surface area contributed by atoms with Gasteiger partial charge < -0.3 is 10.1 Å². The van der Waals surface area contributed by atoms with Gasteiger partial charge in [0.05, 0.1) is 17.1 Å². The van der Waals surface area contributed by atoms with Gasteiger partial charge in [-0.1, -0.05) is 0 Å². The van der Waals surface area contributed by atoms with Crippen LogP contribution in [0.25, 0.3) is 0 Å². The molecule has 0 fully saturated rings. The number of non-ortho nitro benzene ring substituents is 1. The highest BCUT2D eigenvalue weighted by Gasteiger charge is 2.14. The predicted molar refractivity (Wildman–Crippen MR) is 84.0 cm³/mol. The SMILES string of the molecule is CCOC(=O)CCCNC(=O)c1ccc([N+](=O)[O-])cc1I. The van der Waals surface area contributed by atoms with E-state index in [1.54, 1.807) is 6.92 Å². The molecular weight excluding hydrogens is 391 g/mol. The number of ether oxygens (including phenoxy) is 1. The van der Waals surface area contributed by atoms with E-state index in [0.717, 1.165) is 0 Å². The quantitative estimate of drug-likeness (QED) is 0.246. The number of esters is 1. The van der Waals surface area contributed by atoms with E-state index in [1.807, 2.05) is 22.6 Å². The first-order valence-corrected chi connectivity index (χ1v) is 7.41. The smallest absolute Gasteiger partial charge is 0.305 e. The van der Waals surface area contributed by atoms with E-state index < -0.39 is 4.92 Å². The Labute approximate surface area is 135 Å². The lowest BCUT2D eigenvalue weighted by atomic mass is 10.2. The Bertz CT molecular complexity index is 547. The van der Waals surface area contributed by atoms with E-state index in [1.165, 1.54) is 18.2 Å². The van der Waals surface area contributed by atoms with Gasteiger partial charge in [-0.3, -0.25) is 19.7 Å². The molecule has 0 unspecified atom stereocenters. The molecule has 0 radical (unpaired) electrons. The zero-order chi connectivity index (χ0) is 15.8. The molecule has 1 rings (SSSR count). The molecule has 0 aliphatic rings. The monoisotopic (exact) mass is 406 g/mol. The van der Waals surface area contributed by atoms with E-state index in [9.17, 15) is 19.7 Å². The molecule has 21 heavy (non-hydrogen) atoms. The average molecular weight is 406 g/mol. The summed E-state index contributed by atoms with van der Waals surface area (Å²) in [5.41, 5.74) is 0.315. The molecule has 1 aromatic carbocycles. The Hall–Kier alpha value is -1.71. The van der Waals surface area contributed by atoms with Crippen molar-refractivity contribution >= 4 is 40.2 Å². The topological polar surface area (TPSA) is 98.5 Å². The molecule has 7 nitrogen and oxygen atoms in total. The van der Waals surface area contributed by atoms with Crippen LogP contribution in [-0.4, -0.2) is 30.0 Å². The Morgan fingerprint density at radius 2 is 2.14 bits per heavy atom. The number of benzene rings is 1. The number of carbonyl (C=O) groups excluding carboxylic acids is 2. The molecule has 0 bridgehead atoms. The first kappa shape index (κ1) is 17.3. The van der Waals surface area contributed by atoms with Crippen LogP contribution in [0.3, 0.4) is 0 Å². The summed E-state index contributed by atoms with van der Waals surface area (Å²) in [6.07, 6.45) is 0.722. The summed E-state index contributed by atoms with van der Waals surface area (Å²) in [6, 6.07) is 4.05. The van der Waals surface area contributed by atoms with Gasteiger partial charge >= 0.3 is 5.97 Å². The highest BCUT2D eigenvalue weighted by Crippen LogP contribution is 2.19. The normalized spacial score (nSPS) is 10.0. The molecule has 114 valence electrons. The lowest BCUT2D eigenvalue weighted by Gasteiger charge is -2.07. The highest BCUT2D eigenvalue weighted by molar-refractivity contribution is 14.1. The first-order chi connectivity index (χ1) is 9.95. The van der Waals surface area contributed by atoms with Crippen molar-refractivity contribution in [2.75, 3.05) is 13.2 Å². The number of nitro benzene ring substituents is 1. The van der Waals surface area contributed by atoms with E-state index >= 15 is 0 Å². The Morgan fingerprint density at radius 1 is 1.43 bits per heavy atom. The second kappa shape index (κ2) is 8.55. The summed E-state index contributed by atoms with van der Waals surface area (Å²) in [6.45, 7) is 2.41. The van der Waals surface area contributed by atoms with Crippen LogP contribution in [0.4, 0.5) is 5.69 Å². The zero-order valence-electron chi connectivity index (χ0n) is 11.4. The first-order valence-electron chi connectivity index (χ1n) is 6.33. The van der Waals surface area contributed by atoms with Crippen molar-refractivity contribution in [2.45, 2.75) is 19.8 Å². The minimum Gasteiger partial charge on any atom is -0.466 e. The van der Waals surface area contributed by atoms with Crippen LogP contribution in [0.2, 0.25) is 0 Å². The third kappa shape index (κ3) is 5.66. The fraction of sp³-hybridized carbons (Fsp3) is 0.385. The minimum absolute atomic E-state index is 0.0572. The summed E-state index contributed by atoms with van der Waals surface area (Å²) in [4.78, 5) is 33.1. The number of hydrogen-bond acceptors (Lipinski definition) is 5. The molecule has 0 atom stereocenters. The molecule has 8 heteroatoms. The summed E-state index contributed by atoms with van der Waals surface area (Å²) in [5.74, 6) is -0.616. The predicted octanol–water partition coefficient (Wildman–Crippen LogP) is 2.27. The lowest BCUT2D eigenvalue weighted by Crippen LogP contribution is -2.25. The zero-order valence-corrected chi connectivity index (χ0v) is 13.6. The summed E-state index contributed by atoms with van der Waals surface area (Å²) in [7, 11) is 0. The van der Waals surface area contributed by atoms with Gasteiger partial charge in [0, 0.05) is 28.7 Å². The maximum absolute atomic E-state index is 11.9. The number of hydrogen-bond donors (Lipinski definition) is 1. The number of rotatable bonds is 7. The minimum atomic E-state index is -0.511. The Kier molecular flexibility index (Phi) is 7.06. The van der Waals surface area contributed by atoms with Crippen molar-refractivity contribution in [1.29, 1.82) is 0 Å². The number of nitrogens with zero attached hydrogens (tertiary/aromatic N) is 1. The standard InChI is InChI=1S/C13H15IN2O5/c1-2-21-12(17)4-3-7-15-13(18)10-6-5-9(16(19)20)8-11(10)14/h5-6,8H,2-4,7H2,1H3,(H,15,18). The molecule has 1 aromatic rings. The number of nitro groups is 1. The van der Waals surface area contributed by atoms with Gasteiger partial charge in [0.15, 0.2) is 0 Å². The molecular formula is C13H15IN2O5. The number of nitrogens with one attached hydrogen (secondary N) is 1.